The van der Waals surface area contributed by atoms with Crippen molar-refractivity contribution in [2.45, 2.75) is 36.7 Å². The first-order chi connectivity index (χ1) is 11.0. The summed E-state index contributed by atoms with van der Waals surface area (Å²) in [6.07, 6.45) is 1.94. The van der Waals surface area contributed by atoms with Crippen molar-refractivity contribution >= 4 is 20.8 Å². The fourth-order valence-corrected chi connectivity index (χ4v) is 6.28. The molecule has 2 aliphatic rings. The number of nitrogens with zero attached hydrogens (tertiary/aromatic N) is 2. The van der Waals surface area contributed by atoms with Gasteiger partial charge in [-0.05, 0) is 43.8 Å². The Bertz CT molecular complexity index is 848. The molecule has 0 aromatic heterocycles. The minimum Gasteiger partial charge on any atom is -0.303 e. The van der Waals surface area contributed by atoms with E-state index in [1.165, 1.54) is 0 Å². The van der Waals surface area contributed by atoms with Crippen LogP contribution in [0.3, 0.4) is 0 Å². The molecule has 2 atom stereocenters. The minimum absolute atomic E-state index is 0.115. The molecule has 2 aromatic carbocycles. The van der Waals surface area contributed by atoms with Crippen molar-refractivity contribution in [2.24, 2.45) is 0 Å². The largest absolute Gasteiger partial charge is 0.303 e. The van der Waals surface area contributed by atoms with E-state index in [9.17, 15) is 8.42 Å². The zero-order valence-corrected chi connectivity index (χ0v) is 14.4. The number of aryl methyl sites for hydroxylation is 1. The maximum Gasteiger partial charge on any atom is 0.244 e. The highest BCUT2D eigenvalue weighted by atomic mass is 32.2. The van der Waals surface area contributed by atoms with Gasteiger partial charge in [0.15, 0.2) is 0 Å². The van der Waals surface area contributed by atoms with Gasteiger partial charge < -0.3 is 4.90 Å². The molecule has 122 valence electrons. The van der Waals surface area contributed by atoms with Gasteiger partial charge in [-0.3, -0.25) is 0 Å². The van der Waals surface area contributed by atoms with Crippen LogP contribution >= 0.6 is 0 Å². The lowest BCUT2D eigenvalue weighted by atomic mass is 10.1. The molecule has 2 aromatic rings. The Morgan fingerprint density at radius 1 is 0.957 bits per heavy atom. The molecule has 4 rings (SSSR count). The molecule has 2 bridgehead atoms. The van der Waals surface area contributed by atoms with Crippen LogP contribution in [0.4, 0.5) is 0 Å². The number of likely N-dealkylation sites (tertiary alicyclic amines) is 1. The molecular weight excluding hydrogens is 308 g/mol. The van der Waals surface area contributed by atoms with Crippen molar-refractivity contribution in [1.82, 2.24) is 9.21 Å². The molecule has 2 aliphatic heterocycles. The highest BCUT2D eigenvalue weighted by Gasteiger charge is 2.46. The predicted molar refractivity (Wildman–Crippen MR) is 92.0 cm³/mol. The lowest BCUT2D eigenvalue weighted by molar-refractivity contribution is 0.154. The summed E-state index contributed by atoms with van der Waals surface area (Å²) in [6.45, 7) is 3.69. The van der Waals surface area contributed by atoms with Gasteiger partial charge in [0.05, 0.1) is 4.90 Å². The second kappa shape index (κ2) is 5.30. The van der Waals surface area contributed by atoms with E-state index in [0.29, 0.717) is 4.90 Å². The third kappa shape index (κ3) is 2.30. The Morgan fingerprint density at radius 2 is 1.57 bits per heavy atom. The zero-order chi connectivity index (χ0) is 16.2. The smallest absolute Gasteiger partial charge is 0.244 e. The van der Waals surface area contributed by atoms with Gasteiger partial charge in [-0.2, -0.15) is 4.31 Å². The molecule has 0 N–H and O–H groups in total. The average Bonchev–Trinajstić information content (AvgIpc) is 2.81. The minimum atomic E-state index is -3.46. The number of hydrogen-bond donors (Lipinski definition) is 0. The Balaban J connectivity index is 1.86. The Kier molecular flexibility index (Phi) is 3.48. The fourth-order valence-electron chi connectivity index (χ4n) is 4.23. The van der Waals surface area contributed by atoms with Gasteiger partial charge >= 0.3 is 0 Å². The van der Waals surface area contributed by atoms with Crippen LogP contribution in [-0.4, -0.2) is 49.8 Å². The van der Waals surface area contributed by atoms with Crippen LogP contribution in [0.25, 0.3) is 10.8 Å². The number of rotatable bonds is 2. The second-order valence-corrected chi connectivity index (χ2v) is 8.68. The van der Waals surface area contributed by atoms with Crippen molar-refractivity contribution in [3.05, 3.63) is 42.0 Å². The summed E-state index contributed by atoms with van der Waals surface area (Å²) in [6, 6.07) is 11.7. The number of benzene rings is 2. The third-order valence-corrected chi connectivity index (χ3v) is 7.32. The van der Waals surface area contributed by atoms with Gasteiger partial charge in [-0.1, -0.05) is 30.3 Å². The number of sulfonamides is 1. The van der Waals surface area contributed by atoms with Gasteiger partial charge in [-0.25, -0.2) is 8.42 Å². The van der Waals surface area contributed by atoms with Crippen LogP contribution in [0.1, 0.15) is 18.4 Å². The van der Waals surface area contributed by atoms with Gasteiger partial charge in [0.2, 0.25) is 10.0 Å². The molecule has 0 aliphatic carbocycles. The molecule has 0 radical (unpaired) electrons. The first-order valence-electron chi connectivity index (χ1n) is 8.19. The maximum atomic E-state index is 13.4. The first kappa shape index (κ1) is 15.1. The highest BCUT2D eigenvalue weighted by molar-refractivity contribution is 7.89. The van der Waals surface area contributed by atoms with Crippen molar-refractivity contribution in [1.29, 1.82) is 0 Å². The van der Waals surface area contributed by atoms with Crippen molar-refractivity contribution < 1.29 is 8.42 Å². The number of likely N-dealkylation sites (N-methyl/N-ethyl adjacent to an activating group) is 1. The fraction of sp³-hybridized carbons (Fsp3) is 0.444. The first-order valence-corrected chi connectivity index (χ1v) is 9.63. The molecule has 2 heterocycles. The zero-order valence-electron chi connectivity index (χ0n) is 13.6. The van der Waals surface area contributed by atoms with Crippen LogP contribution in [0.5, 0.6) is 0 Å². The molecule has 0 spiro atoms. The molecule has 2 unspecified atom stereocenters. The summed E-state index contributed by atoms with van der Waals surface area (Å²) >= 11 is 0. The highest BCUT2D eigenvalue weighted by Crippen LogP contribution is 2.37. The average molecular weight is 330 g/mol. The summed E-state index contributed by atoms with van der Waals surface area (Å²) in [4.78, 5) is 2.71. The predicted octanol–water partition coefficient (Wildman–Crippen LogP) is 2.62. The van der Waals surface area contributed by atoms with Crippen molar-refractivity contribution in [3.8, 4) is 0 Å². The summed E-state index contributed by atoms with van der Waals surface area (Å²) in [5.41, 5.74) is 1.11. The molecule has 2 fully saturated rings. The molecule has 0 saturated carbocycles. The van der Waals surface area contributed by atoms with Crippen LogP contribution < -0.4 is 0 Å². The van der Waals surface area contributed by atoms with E-state index in [-0.39, 0.29) is 12.1 Å². The molecule has 2 saturated heterocycles. The molecule has 0 amide bonds. The van der Waals surface area contributed by atoms with Crippen LogP contribution in [0.15, 0.2) is 41.3 Å². The van der Waals surface area contributed by atoms with E-state index in [0.717, 1.165) is 42.3 Å². The third-order valence-electron chi connectivity index (χ3n) is 5.26. The van der Waals surface area contributed by atoms with Crippen molar-refractivity contribution in [2.75, 3.05) is 20.1 Å². The molecule has 4 nitrogen and oxygen atoms in total. The van der Waals surface area contributed by atoms with Gasteiger partial charge in [0.25, 0.3) is 0 Å². The summed E-state index contributed by atoms with van der Waals surface area (Å²) in [5, 5.41) is 1.86. The topological polar surface area (TPSA) is 40.6 Å². The standard InChI is InChI=1S/C18H22N2O2S/c1-13-7-10-18(17-6-4-3-5-16(13)17)23(21,22)20-14-8-9-15(20)12-19(2)11-14/h3-7,10,14-15H,8-9,11-12H2,1-2H3. The summed E-state index contributed by atoms with van der Waals surface area (Å²) < 4.78 is 28.6. The Labute approximate surface area is 137 Å². The lowest BCUT2D eigenvalue weighted by Gasteiger charge is -2.38. The van der Waals surface area contributed by atoms with Crippen molar-refractivity contribution in [3.63, 3.8) is 0 Å². The summed E-state index contributed by atoms with van der Waals surface area (Å²) in [5.74, 6) is 0. The number of hydrogen-bond acceptors (Lipinski definition) is 3. The number of piperazine rings is 1. The summed E-state index contributed by atoms with van der Waals surface area (Å²) in [7, 11) is -1.38. The van der Waals surface area contributed by atoms with Crippen LogP contribution in [-0.2, 0) is 10.0 Å². The lowest BCUT2D eigenvalue weighted by Crippen LogP contribution is -2.54. The van der Waals surface area contributed by atoms with E-state index < -0.39 is 10.0 Å². The Morgan fingerprint density at radius 3 is 2.22 bits per heavy atom. The van der Waals surface area contributed by atoms with E-state index in [1.807, 2.05) is 37.3 Å². The van der Waals surface area contributed by atoms with Gasteiger partial charge in [0, 0.05) is 30.6 Å². The Hall–Kier alpha value is -1.43. The van der Waals surface area contributed by atoms with E-state index in [1.54, 1.807) is 10.4 Å². The second-order valence-electron chi connectivity index (χ2n) is 6.87. The van der Waals surface area contributed by atoms with E-state index in [4.69, 9.17) is 0 Å². The maximum absolute atomic E-state index is 13.4. The van der Waals surface area contributed by atoms with E-state index >= 15 is 0 Å². The monoisotopic (exact) mass is 330 g/mol. The van der Waals surface area contributed by atoms with Gasteiger partial charge in [-0.15, -0.1) is 0 Å². The normalized spacial score (nSPS) is 26.0. The molecular formula is C18H22N2O2S. The van der Waals surface area contributed by atoms with Crippen LogP contribution in [0, 0.1) is 6.92 Å². The van der Waals surface area contributed by atoms with E-state index in [2.05, 4.69) is 11.9 Å². The molecule has 23 heavy (non-hydrogen) atoms. The SMILES string of the molecule is Cc1ccc(S(=O)(=O)N2C3CCC2CN(C)C3)c2ccccc12. The number of fused-ring (bicyclic) bond motifs is 3. The van der Waals surface area contributed by atoms with Crippen LogP contribution in [0.2, 0.25) is 0 Å². The molecule has 5 heteroatoms. The quantitative estimate of drug-likeness (QED) is 0.850. The van der Waals surface area contributed by atoms with Gasteiger partial charge in [0.1, 0.15) is 0 Å².